The van der Waals surface area contributed by atoms with Crippen molar-refractivity contribution < 1.29 is 9.53 Å². The number of nitrogens with zero attached hydrogens (tertiary/aromatic N) is 2. The third-order valence-corrected chi connectivity index (χ3v) is 3.31. The summed E-state index contributed by atoms with van der Waals surface area (Å²) in [5.74, 6) is 0.584. The molecule has 0 aliphatic carbocycles. The molecule has 1 aromatic carbocycles. The highest BCUT2D eigenvalue weighted by Gasteiger charge is 2.19. The van der Waals surface area contributed by atoms with Crippen LogP contribution in [0.15, 0.2) is 18.3 Å². The van der Waals surface area contributed by atoms with E-state index in [1.807, 2.05) is 19.1 Å². The maximum Gasteiger partial charge on any atom is 0.415 e. The van der Waals surface area contributed by atoms with E-state index in [0.29, 0.717) is 18.8 Å². The number of fused-ring (bicyclic) bond motifs is 1. The van der Waals surface area contributed by atoms with Crippen molar-refractivity contribution in [1.29, 1.82) is 0 Å². The highest BCUT2D eigenvalue weighted by atomic mass is 16.6. The van der Waals surface area contributed by atoms with Crippen molar-refractivity contribution in [1.82, 2.24) is 20.4 Å². The van der Waals surface area contributed by atoms with Gasteiger partial charge in [-0.15, -0.1) is 0 Å². The Labute approximate surface area is 110 Å². The maximum absolute atomic E-state index is 12.0. The second kappa shape index (κ2) is 4.89. The minimum atomic E-state index is -0.288. The molecule has 2 aromatic rings. The average Bonchev–Trinajstić information content (AvgIpc) is 2.87. The Kier molecular flexibility index (Phi) is 3.08. The summed E-state index contributed by atoms with van der Waals surface area (Å²) in [5, 5.41) is 11.1. The maximum atomic E-state index is 12.0. The Bertz CT molecular complexity index is 602. The molecule has 0 unspecified atom stereocenters. The number of rotatable bonds is 1. The number of benzene rings is 1. The summed E-state index contributed by atoms with van der Waals surface area (Å²) in [4.78, 5) is 13.8. The van der Waals surface area contributed by atoms with E-state index in [1.54, 1.807) is 11.1 Å². The summed E-state index contributed by atoms with van der Waals surface area (Å²) in [7, 11) is 0. The Balaban J connectivity index is 1.79. The lowest BCUT2D eigenvalue weighted by Crippen LogP contribution is -2.47. The molecule has 100 valence electrons. The molecule has 0 saturated carbocycles. The molecule has 1 amide bonds. The number of amides is 1. The molecular weight excluding hydrogens is 244 g/mol. The first-order chi connectivity index (χ1) is 9.24. The lowest BCUT2D eigenvalue weighted by molar-refractivity contribution is 0.145. The van der Waals surface area contributed by atoms with Crippen molar-refractivity contribution in [3.63, 3.8) is 0 Å². The molecule has 0 bridgehead atoms. The molecule has 1 aliphatic heterocycles. The molecule has 1 aliphatic rings. The lowest BCUT2D eigenvalue weighted by atomic mass is 10.1. The van der Waals surface area contributed by atoms with Gasteiger partial charge in [0.25, 0.3) is 0 Å². The van der Waals surface area contributed by atoms with E-state index in [0.717, 1.165) is 29.6 Å². The minimum Gasteiger partial charge on any atom is -0.410 e. The number of ether oxygens (including phenoxy) is 1. The molecule has 6 heteroatoms. The van der Waals surface area contributed by atoms with Gasteiger partial charge in [0.15, 0.2) is 0 Å². The van der Waals surface area contributed by atoms with Gasteiger partial charge in [0.05, 0.1) is 11.7 Å². The number of nitrogens with one attached hydrogen (secondary N) is 2. The van der Waals surface area contributed by atoms with Crippen molar-refractivity contribution in [3.05, 3.63) is 23.9 Å². The van der Waals surface area contributed by atoms with E-state index < -0.39 is 0 Å². The molecule has 1 aromatic heterocycles. The second-order valence-electron chi connectivity index (χ2n) is 4.68. The van der Waals surface area contributed by atoms with Crippen LogP contribution in [0.2, 0.25) is 0 Å². The Hall–Kier alpha value is -2.08. The monoisotopic (exact) mass is 260 g/mol. The topological polar surface area (TPSA) is 70.2 Å². The highest BCUT2D eigenvalue weighted by Crippen LogP contribution is 2.24. The van der Waals surface area contributed by atoms with Gasteiger partial charge in [-0.25, -0.2) is 4.79 Å². The molecule has 0 atom stereocenters. The second-order valence-corrected chi connectivity index (χ2v) is 4.68. The lowest BCUT2D eigenvalue weighted by Gasteiger charge is -2.26. The Morgan fingerprint density at radius 1 is 1.37 bits per heavy atom. The van der Waals surface area contributed by atoms with Gasteiger partial charge in [0, 0.05) is 37.6 Å². The first-order valence-corrected chi connectivity index (χ1v) is 6.35. The number of aromatic nitrogens is 2. The minimum absolute atomic E-state index is 0.288. The fourth-order valence-corrected chi connectivity index (χ4v) is 2.20. The first kappa shape index (κ1) is 12.0. The van der Waals surface area contributed by atoms with Gasteiger partial charge in [0.1, 0.15) is 5.75 Å². The normalized spacial score (nSPS) is 15.7. The quantitative estimate of drug-likeness (QED) is 0.810. The van der Waals surface area contributed by atoms with E-state index >= 15 is 0 Å². The predicted molar refractivity (Wildman–Crippen MR) is 71.3 cm³/mol. The van der Waals surface area contributed by atoms with Crippen LogP contribution in [-0.4, -0.2) is 47.4 Å². The predicted octanol–water partition coefficient (Wildman–Crippen LogP) is 1.28. The van der Waals surface area contributed by atoms with Crippen molar-refractivity contribution in [2.24, 2.45) is 0 Å². The van der Waals surface area contributed by atoms with Crippen molar-refractivity contribution in [3.8, 4) is 5.75 Å². The number of aromatic amines is 1. The van der Waals surface area contributed by atoms with Crippen molar-refractivity contribution in [2.75, 3.05) is 26.2 Å². The number of carbonyl (C=O) groups is 1. The summed E-state index contributed by atoms with van der Waals surface area (Å²) in [6, 6.07) is 3.77. The zero-order valence-electron chi connectivity index (χ0n) is 10.8. The smallest absolute Gasteiger partial charge is 0.410 e. The number of carbonyl (C=O) groups excluding carboxylic acids is 1. The average molecular weight is 260 g/mol. The van der Waals surface area contributed by atoms with E-state index in [-0.39, 0.29) is 6.09 Å². The molecule has 1 saturated heterocycles. The molecule has 0 spiro atoms. The third-order valence-electron chi connectivity index (χ3n) is 3.31. The fourth-order valence-electron chi connectivity index (χ4n) is 2.20. The van der Waals surface area contributed by atoms with E-state index in [2.05, 4.69) is 15.5 Å². The fraction of sp³-hybridized carbons (Fsp3) is 0.385. The van der Waals surface area contributed by atoms with Gasteiger partial charge < -0.3 is 15.0 Å². The molecule has 1 fully saturated rings. The first-order valence-electron chi connectivity index (χ1n) is 6.35. The van der Waals surface area contributed by atoms with Crippen LogP contribution in [0.3, 0.4) is 0 Å². The summed E-state index contributed by atoms with van der Waals surface area (Å²) in [5.41, 5.74) is 1.80. The Morgan fingerprint density at radius 2 is 2.16 bits per heavy atom. The van der Waals surface area contributed by atoms with E-state index in [4.69, 9.17) is 4.74 Å². The van der Waals surface area contributed by atoms with Crippen LogP contribution in [0.4, 0.5) is 4.79 Å². The molecule has 2 heterocycles. The van der Waals surface area contributed by atoms with Gasteiger partial charge in [-0.3, -0.25) is 5.10 Å². The van der Waals surface area contributed by atoms with Crippen LogP contribution in [0.25, 0.3) is 10.9 Å². The molecule has 3 rings (SSSR count). The summed E-state index contributed by atoms with van der Waals surface area (Å²) >= 11 is 0. The molecule has 2 N–H and O–H groups in total. The van der Waals surface area contributed by atoms with Crippen LogP contribution in [0, 0.1) is 6.92 Å². The van der Waals surface area contributed by atoms with Gasteiger partial charge in [-0.1, -0.05) is 0 Å². The molecule has 6 nitrogen and oxygen atoms in total. The summed E-state index contributed by atoms with van der Waals surface area (Å²) < 4.78 is 5.47. The van der Waals surface area contributed by atoms with Crippen LogP contribution in [0.1, 0.15) is 5.56 Å². The SMILES string of the molecule is Cc1cc2cn[nH]c2cc1OC(=O)N1CCNCC1. The van der Waals surface area contributed by atoms with Crippen LogP contribution < -0.4 is 10.1 Å². The van der Waals surface area contributed by atoms with E-state index in [9.17, 15) is 4.79 Å². The number of hydrogen-bond donors (Lipinski definition) is 2. The van der Waals surface area contributed by atoms with Crippen molar-refractivity contribution in [2.45, 2.75) is 6.92 Å². The zero-order valence-corrected chi connectivity index (χ0v) is 10.8. The van der Waals surface area contributed by atoms with Crippen LogP contribution >= 0.6 is 0 Å². The van der Waals surface area contributed by atoms with Crippen LogP contribution in [0.5, 0.6) is 5.75 Å². The molecule has 0 radical (unpaired) electrons. The van der Waals surface area contributed by atoms with Gasteiger partial charge in [-0.2, -0.15) is 5.10 Å². The molecule has 19 heavy (non-hydrogen) atoms. The highest BCUT2D eigenvalue weighted by molar-refractivity contribution is 5.82. The number of hydrogen-bond acceptors (Lipinski definition) is 4. The van der Waals surface area contributed by atoms with Gasteiger partial charge in [-0.05, 0) is 18.6 Å². The van der Waals surface area contributed by atoms with Crippen LogP contribution in [-0.2, 0) is 0 Å². The largest absolute Gasteiger partial charge is 0.415 e. The Morgan fingerprint density at radius 3 is 2.95 bits per heavy atom. The van der Waals surface area contributed by atoms with E-state index in [1.165, 1.54) is 0 Å². The van der Waals surface area contributed by atoms with Crippen molar-refractivity contribution >= 4 is 17.0 Å². The standard InChI is InChI=1S/C13H16N4O2/c1-9-6-10-8-15-16-11(10)7-12(9)19-13(18)17-4-2-14-3-5-17/h6-8,14H,2-5H2,1H3,(H,15,16). The third kappa shape index (κ3) is 2.39. The number of piperazine rings is 1. The number of H-pyrrole nitrogens is 1. The van der Waals surface area contributed by atoms with Gasteiger partial charge >= 0.3 is 6.09 Å². The molecular formula is C13H16N4O2. The number of aryl methyl sites for hydroxylation is 1. The summed E-state index contributed by atoms with van der Waals surface area (Å²) in [6.45, 7) is 4.92. The van der Waals surface area contributed by atoms with Gasteiger partial charge in [0.2, 0.25) is 0 Å². The zero-order chi connectivity index (χ0) is 13.2. The summed E-state index contributed by atoms with van der Waals surface area (Å²) in [6.07, 6.45) is 1.47.